The fourth-order valence-corrected chi connectivity index (χ4v) is 3.93. The molecule has 0 aliphatic carbocycles. The number of rotatable bonds is 3. The number of thioether (sulfide) groups is 1. The van der Waals surface area contributed by atoms with E-state index in [1.165, 1.54) is 28.0 Å². The Bertz CT molecular complexity index is 518. The molecule has 1 saturated heterocycles. The van der Waals surface area contributed by atoms with Crippen molar-refractivity contribution in [3.63, 3.8) is 0 Å². The zero-order valence-corrected chi connectivity index (χ0v) is 13.1. The van der Waals surface area contributed by atoms with Crippen molar-refractivity contribution in [3.8, 4) is 0 Å². The van der Waals surface area contributed by atoms with Crippen molar-refractivity contribution in [2.75, 3.05) is 11.1 Å². The van der Waals surface area contributed by atoms with Crippen LogP contribution in [0.2, 0.25) is 0 Å². The summed E-state index contributed by atoms with van der Waals surface area (Å²) in [6.45, 7) is 5.88. The molecule has 20 heavy (non-hydrogen) atoms. The highest BCUT2D eigenvalue weighted by molar-refractivity contribution is 8.00. The van der Waals surface area contributed by atoms with Crippen LogP contribution in [0.3, 0.4) is 0 Å². The van der Waals surface area contributed by atoms with E-state index in [0.29, 0.717) is 16.8 Å². The molecule has 2 amide bonds. The Balaban J connectivity index is 2.08. The molecule has 0 bridgehead atoms. The number of thiazole rings is 1. The van der Waals surface area contributed by atoms with Crippen LogP contribution < -0.4 is 5.32 Å². The molecule has 2 unspecified atom stereocenters. The van der Waals surface area contributed by atoms with Crippen LogP contribution in [0, 0.1) is 0 Å². The second-order valence-corrected chi connectivity index (χ2v) is 7.06. The van der Waals surface area contributed by atoms with Gasteiger partial charge in [-0.05, 0) is 12.8 Å². The van der Waals surface area contributed by atoms with Gasteiger partial charge in [0.25, 0.3) is 0 Å². The molecule has 0 radical (unpaired) electrons. The minimum absolute atomic E-state index is 0.152. The molecule has 2 rings (SSSR count). The summed E-state index contributed by atoms with van der Waals surface area (Å²) in [7, 11) is 0. The van der Waals surface area contributed by atoms with E-state index in [0.717, 1.165) is 5.69 Å². The predicted octanol–water partition coefficient (Wildman–Crippen LogP) is 2.65. The summed E-state index contributed by atoms with van der Waals surface area (Å²) in [5.74, 6) is -0.261. The number of aromatic nitrogens is 1. The van der Waals surface area contributed by atoms with E-state index in [1.807, 2.05) is 26.2 Å². The zero-order chi connectivity index (χ0) is 14.9. The van der Waals surface area contributed by atoms with Crippen LogP contribution in [0.15, 0.2) is 5.38 Å². The van der Waals surface area contributed by atoms with E-state index in [1.54, 1.807) is 0 Å². The largest absolute Gasteiger partial charge is 0.480 e. The second-order valence-electron chi connectivity index (χ2n) is 4.86. The number of urea groups is 1. The molecule has 1 aliphatic heterocycles. The van der Waals surface area contributed by atoms with Crippen LogP contribution in [0.5, 0.6) is 0 Å². The highest BCUT2D eigenvalue weighted by Gasteiger charge is 2.39. The van der Waals surface area contributed by atoms with Gasteiger partial charge in [0, 0.05) is 11.1 Å². The molecule has 1 fully saturated rings. The number of carbonyl (C=O) groups is 2. The first kappa shape index (κ1) is 15.1. The van der Waals surface area contributed by atoms with Gasteiger partial charge in [0.05, 0.1) is 11.1 Å². The normalized spacial score (nSPS) is 22.3. The van der Waals surface area contributed by atoms with E-state index in [2.05, 4.69) is 10.3 Å². The average Bonchev–Trinajstić information content (AvgIpc) is 2.95. The van der Waals surface area contributed by atoms with Crippen LogP contribution in [0.25, 0.3) is 0 Å². The molecule has 2 atom stereocenters. The summed E-state index contributed by atoms with van der Waals surface area (Å²) in [4.78, 5) is 29.1. The van der Waals surface area contributed by atoms with Gasteiger partial charge in [-0.3, -0.25) is 10.2 Å². The van der Waals surface area contributed by atoms with Crippen LogP contribution in [0.1, 0.15) is 32.4 Å². The van der Waals surface area contributed by atoms with Gasteiger partial charge < -0.3 is 5.11 Å². The monoisotopic (exact) mass is 315 g/mol. The molecular formula is C12H17N3O3S2. The Morgan fingerprint density at radius 1 is 1.55 bits per heavy atom. The molecule has 110 valence electrons. The quantitative estimate of drug-likeness (QED) is 0.896. The lowest BCUT2D eigenvalue weighted by molar-refractivity contribution is -0.141. The smallest absolute Gasteiger partial charge is 0.327 e. The first-order valence-corrected chi connectivity index (χ1v) is 8.22. The molecule has 1 aromatic heterocycles. The average molecular weight is 315 g/mol. The number of aliphatic carboxylic acids is 1. The third-order valence-electron chi connectivity index (χ3n) is 3.07. The molecule has 0 aromatic carbocycles. The lowest BCUT2D eigenvalue weighted by Crippen LogP contribution is -2.46. The van der Waals surface area contributed by atoms with Gasteiger partial charge in [0.1, 0.15) is 6.04 Å². The van der Waals surface area contributed by atoms with Crippen LogP contribution in [0.4, 0.5) is 9.93 Å². The maximum atomic E-state index is 12.2. The Morgan fingerprint density at radius 3 is 2.80 bits per heavy atom. The summed E-state index contributed by atoms with van der Waals surface area (Å²) < 4.78 is 0. The third kappa shape index (κ3) is 3.06. The van der Waals surface area contributed by atoms with Gasteiger partial charge in [-0.1, -0.05) is 13.8 Å². The predicted molar refractivity (Wildman–Crippen MR) is 80.4 cm³/mol. The van der Waals surface area contributed by atoms with Crippen LogP contribution in [-0.2, 0) is 4.79 Å². The minimum atomic E-state index is -0.973. The summed E-state index contributed by atoms with van der Waals surface area (Å²) in [5.41, 5.74) is 0.920. The maximum absolute atomic E-state index is 12.2. The number of nitrogens with zero attached hydrogens (tertiary/aromatic N) is 2. The topological polar surface area (TPSA) is 82.5 Å². The number of hydrogen-bond acceptors (Lipinski definition) is 5. The minimum Gasteiger partial charge on any atom is -0.480 e. The lowest BCUT2D eigenvalue weighted by atomic mass is 10.2. The first-order chi connectivity index (χ1) is 9.40. The van der Waals surface area contributed by atoms with E-state index < -0.39 is 18.0 Å². The Kier molecular flexibility index (Phi) is 4.54. The van der Waals surface area contributed by atoms with E-state index in [4.69, 9.17) is 5.11 Å². The highest BCUT2D eigenvalue weighted by Crippen LogP contribution is 2.30. The van der Waals surface area contributed by atoms with Crippen molar-refractivity contribution in [2.24, 2.45) is 0 Å². The molecule has 6 nitrogen and oxygen atoms in total. The summed E-state index contributed by atoms with van der Waals surface area (Å²) in [6.07, 6.45) is 0. The summed E-state index contributed by atoms with van der Waals surface area (Å²) in [5, 5.41) is 14.1. The SMILES string of the molecule is CC(C)c1csc(NC(=O)N2C(C)SCC2C(=O)O)n1. The standard InChI is InChI=1S/C12H17N3O3S2/c1-6(2)8-4-20-11(13-8)14-12(18)15-7(3)19-5-9(15)10(16)17/h4,6-7,9H,5H2,1-3H3,(H,16,17)(H,13,14,18). The molecule has 1 aromatic rings. The van der Waals surface area contributed by atoms with Gasteiger partial charge in [-0.15, -0.1) is 23.1 Å². The van der Waals surface area contributed by atoms with Crippen molar-refractivity contribution in [1.29, 1.82) is 0 Å². The Morgan fingerprint density at radius 2 is 2.25 bits per heavy atom. The number of nitrogens with one attached hydrogen (secondary N) is 1. The molecule has 8 heteroatoms. The molecule has 2 heterocycles. The number of hydrogen-bond donors (Lipinski definition) is 2. The zero-order valence-electron chi connectivity index (χ0n) is 11.5. The van der Waals surface area contributed by atoms with Crippen molar-refractivity contribution < 1.29 is 14.7 Å². The summed E-state index contributed by atoms with van der Waals surface area (Å²) >= 11 is 2.81. The van der Waals surface area contributed by atoms with Gasteiger partial charge in [-0.25, -0.2) is 14.6 Å². The van der Waals surface area contributed by atoms with Crippen molar-refractivity contribution in [3.05, 3.63) is 11.1 Å². The molecule has 0 saturated carbocycles. The molecule has 0 spiro atoms. The number of amides is 2. The Hall–Kier alpha value is -1.28. The molecule has 1 aliphatic rings. The maximum Gasteiger partial charge on any atom is 0.327 e. The third-order valence-corrected chi connectivity index (χ3v) is 5.06. The molecule has 2 N–H and O–H groups in total. The van der Waals surface area contributed by atoms with E-state index in [-0.39, 0.29) is 5.37 Å². The van der Waals surface area contributed by atoms with Crippen LogP contribution in [-0.4, -0.2) is 44.2 Å². The summed E-state index contributed by atoms with van der Waals surface area (Å²) in [6, 6.07) is -1.18. The van der Waals surface area contributed by atoms with Crippen LogP contribution >= 0.6 is 23.1 Å². The van der Waals surface area contributed by atoms with Gasteiger partial charge in [0.2, 0.25) is 0 Å². The Labute approximate surface area is 125 Å². The van der Waals surface area contributed by atoms with Crippen molar-refractivity contribution in [2.45, 2.75) is 38.1 Å². The highest BCUT2D eigenvalue weighted by atomic mass is 32.2. The number of carboxylic acid groups (broad SMARTS) is 1. The van der Waals surface area contributed by atoms with Gasteiger partial charge in [0.15, 0.2) is 5.13 Å². The number of anilines is 1. The number of carboxylic acids is 1. The number of carbonyl (C=O) groups excluding carboxylic acids is 1. The van der Waals surface area contributed by atoms with Crippen molar-refractivity contribution in [1.82, 2.24) is 9.88 Å². The van der Waals surface area contributed by atoms with Gasteiger partial charge >= 0.3 is 12.0 Å². The van der Waals surface area contributed by atoms with Gasteiger partial charge in [-0.2, -0.15) is 0 Å². The first-order valence-electron chi connectivity index (χ1n) is 6.29. The fourth-order valence-electron chi connectivity index (χ4n) is 1.91. The fraction of sp³-hybridized carbons (Fsp3) is 0.583. The van der Waals surface area contributed by atoms with Crippen molar-refractivity contribution >= 4 is 40.2 Å². The van der Waals surface area contributed by atoms with E-state index in [9.17, 15) is 9.59 Å². The second kappa shape index (κ2) is 6.01. The lowest BCUT2D eigenvalue weighted by Gasteiger charge is -2.24. The molecular weight excluding hydrogens is 298 g/mol. The van der Waals surface area contributed by atoms with E-state index >= 15 is 0 Å².